The maximum Gasteiger partial charge on any atom is 0.451 e. The van der Waals surface area contributed by atoms with Crippen LogP contribution >= 0.6 is 11.6 Å². The van der Waals surface area contributed by atoms with Crippen LogP contribution in [0.5, 0.6) is 0 Å². The molecule has 1 saturated carbocycles. The molecule has 0 aliphatic heterocycles. The second-order valence-electron chi connectivity index (χ2n) is 5.74. The number of rotatable bonds is 4. The highest BCUT2D eigenvalue weighted by atomic mass is 35.5. The molecule has 0 bridgehead atoms. The molecule has 0 amide bonds. The number of nitrogens with one attached hydrogen (secondary N) is 1. The Hall–Kier alpha value is -1.04. The number of alkyl halides is 3. The van der Waals surface area contributed by atoms with Crippen molar-refractivity contribution in [2.75, 3.05) is 11.9 Å². The summed E-state index contributed by atoms with van der Waals surface area (Å²) in [6.07, 6.45) is 1.23. The predicted octanol–water partition coefficient (Wildman–Crippen LogP) is 4.78. The normalized spacial score (nSPS) is 23.1. The van der Waals surface area contributed by atoms with Gasteiger partial charge in [-0.15, -0.1) is 0 Å². The summed E-state index contributed by atoms with van der Waals surface area (Å²) in [6.45, 7) is 2.86. The Kier molecular flexibility index (Phi) is 5.30. The van der Waals surface area contributed by atoms with Crippen molar-refractivity contribution in [3.8, 4) is 0 Å². The van der Waals surface area contributed by atoms with Crippen molar-refractivity contribution >= 4 is 17.4 Å². The van der Waals surface area contributed by atoms with Gasteiger partial charge in [0.05, 0.1) is 0 Å². The molecule has 3 nitrogen and oxygen atoms in total. The van der Waals surface area contributed by atoms with Crippen LogP contribution in [0, 0.1) is 11.8 Å². The maximum absolute atomic E-state index is 12.6. The van der Waals surface area contributed by atoms with Gasteiger partial charge in [0.25, 0.3) is 0 Å². The quantitative estimate of drug-likeness (QED) is 0.811. The van der Waals surface area contributed by atoms with Gasteiger partial charge < -0.3 is 5.32 Å². The van der Waals surface area contributed by atoms with E-state index in [9.17, 15) is 13.2 Å². The van der Waals surface area contributed by atoms with Crippen molar-refractivity contribution < 1.29 is 13.2 Å². The van der Waals surface area contributed by atoms with Gasteiger partial charge in [-0.3, -0.25) is 0 Å². The first-order valence-electron chi connectivity index (χ1n) is 7.20. The average Bonchev–Trinajstić information content (AvgIpc) is 2.39. The summed E-state index contributed by atoms with van der Waals surface area (Å²) < 4.78 is 37.8. The topological polar surface area (TPSA) is 37.8 Å². The van der Waals surface area contributed by atoms with Crippen LogP contribution in [-0.2, 0) is 6.18 Å². The van der Waals surface area contributed by atoms with Crippen LogP contribution in [0.3, 0.4) is 0 Å². The fourth-order valence-corrected chi connectivity index (χ4v) is 2.84. The highest BCUT2D eigenvalue weighted by molar-refractivity contribution is 6.29. The van der Waals surface area contributed by atoms with Gasteiger partial charge in [-0.05, 0) is 18.3 Å². The molecule has 118 valence electrons. The molecule has 1 aromatic heterocycles. The van der Waals surface area contributed by atoms with Crippen molar-refractivity contribution in [1.29, 1.82) is 0 Å². The molecule has 0 radical (unpaired) electrons. The summed E-state index contributed by atoms with van der Waals surface area (Å²) >= 11 is 5.61. The number of hydrogen-bond acceptors (Lipinski definition) is 3. The van der Waals surface area contributed by atoms with E-state index in [0.29, 0.717) is 12.5 Å². The molecule has 1 fully saturated rings. The second-order valence-corrected chi connectivity index (χ2v) is 6.13. The first kappa shape index (κ1) is 16.3. The summed E-state index contributed by atoms with van der Waals surface area (Å²) in [5.41, 5.74) is 0. The van der Waals surface area contributed by atoms with Gasteiger partial charge in [0.2, 0.25) is 5.82 Å². The zero-order valence-corrected chi connectivity index (χ0v) is 12.6. The molecule has 0 aromatic carbocycles. The molecule has 1 aromatic rings. The van der Waals surface area contributed by atoms with E-state index in [1.807, 2.05) is 0 Å². The Labute approximate surface area is 127 Å². The van der Waals surface area contributed by atoms with Gasteiger partial charge in [0.15, 0.2) is 0 Å². The predicted molar refractivity (Wildman–Crippen MR) is 76.3 cm³/mol. The lowest BCUT2D eigenvalue weighted by Crippen LogP contribution is -2.17. The van der Waals surface area contributed by atoms with Crippen LogP contribution in [-0.4, -0.2) is 16.5 Å². The molecule has 1 heterocycles. The zero-order chi connectivity index (χ0) is 15.5. The van der Waals surface area contributed by atoms with Crippen molar-refractivity contribution in [2.45, 2.75) is 45.2 Å². The lowest BCUT2D eigenvalue weighted by Gasteiger charge is -2.26. The van der Waals surface area contributed by atoms with Gasteiger partial charge in [-0.1, -0.05) is 44.2 Å². The van der Waals surface area contributed by atoms with E-state index in [1.54, 1.807) is 0 Å². The molecular formula is C14H19ClF3N3. The number of anilines is 1. The first-order valence-corrected chi connectivity index (χ1v) is 7.58. The number of nitrogens with zero attached hydrogens (tertiary/aromatic N) is 2. The lowest BCUT2D eigenvalue weighted by molar-refractivity contribution is -0.144. The highest BCUT2D eigenvalue weighted by Gasteiger charge is 2.35. The van der Waals surface area contributed by atoms with Gasteiger partial charge in [0.1, 0.15) is 11.0 Å². The van der Waals surface area contributed by atoms with Crippen molar-refractivity contribution in [3.05, 3.63) is 17.0 Å². The number of hydrogen-bond donors (Lipinski definition) is 1. The van der Waals surface area contributed by atoms with Crippen LogP contribution < -0.4 is 5.32 Å². The zero-order valence-electron chi connectivity index (χ0n) is 11.9. The van der Waals surface area contributed by atoms with Crippen molar-refractivity contribution in [2.24, 2.45) is 11.8 Å². The number of halogens is 4. The van der Waals surface area contributed by atoms with Crippen LogP contribution in [0.2, 0.25) is 5.15 Å². The van der Waals surface area contributed by atoms with Gasteiger partial charge in [0, 0.05) is 12.6 Å². The molecule has 1 aliphatic carbocycles. The SMILES string of the molecule is CC1CCC(CCNc2cc(Cl)nc(C(F)(F)F)n2)CC1. The molecule has 0 unspecified atom stereocenters. The molecular weight excluding hydrogens is 303 g/mol. The minimum atomic E-state index is -4.58. The Morgan fingerprint density at radius 3 is 2.52 bits per heavy atom. The monoisotopic (exact) mass is 321 g/mol. The van der Waals surface area contributed by atoms with E-state index in [2.05, 4.69) is 22.2 Å². The Morgan fingerprint density at radius 2 is 1.90 bits per heavy atom. The van der Waals surface area contributed by atoms with Gasteiger partial charge in [-0.25, -0.2) is 9.97 Å². The van der Waals surface area contributed by atoms with Crippen molar-refractivity contribution in [1.82, 2.24) is 9.97 Å². The molecule has 21 heavy (non-hydrogen) atoms. The van der Waals surface area contributed by atoms with Gasteiger partial charge >= 0.3 is 6.18 Å². The Balaban J connectivity index is 1.87. The summed E-state index contributed by atoms with van der Waals surface area (Å²) in [5, 5.41) is 2.72. The standard InChI is InChI=1S/C14H19ClF3N3/c1-9-2-4-10(5-3-9)6-7-19-12-8-11(15)20-13(21-12)14(16,17)18/h8-10H,2-7H2,1H3,(H,19,20,21). The summed E-state index contributed by atoms with van der Waals surface area (Å²) in [5.74, 6) is 0.368. The second kappa shape index (κ2) is 6.81. The minimum absolute atomic E-state index is 0.131. The molecule has 1 aliphatic rings. The minimum Gasteiger partial charge on any atom is -0.370 e. The number of aromatic nitrogens is 2. The Bertz CT molecular complexity index is 471. The van der Waals surface area contributed by atoms with Crippen LogP contribution in [0.1, 0.15) is 44.9 Å². The maximum atomic E-state index is 12.6. The van der Waals surface area contributed by atoms with Crippen LogP contribution in [0.15, 0.2) is 6.07 Å². The molecule has 0 saturated heterocycles. The third-order valence-electron chi connectivity index (χ3n) is 3.94. The van der Waals surface area contributed by atoms with Crippen LogP contribution in [0.4, 0.5) is 19.0 Å². The van der Waals surface area contributed by atoms with E-state index in [0.717, 1.165) is 12.3 Å². The molecule has 0 atom stereocenters. The lowest BCUT2D eigenvalue weighted by atomic mass is 9.81. The fraction of sp³-hybridized carbons (Fsp3) is 0.714. The van der Waals surface area contributed by atoms with E-state index in [-0.39, 0.29) is 11.0 Å². The van der Waals surface area contributed by atoms with Crippen LogP contribution in [0.25, 0.3) is 0 Å². The van der Waals surface area contributed by atoms with E-state index >= 15 is 0 Å². The third-order valence-corrected chi connectivity index (χ3v) is 4.14. The van der Waals surface area contributed by atoms with E-state index < -0.39 is 12.0 Å². The van der Waals surface area contributed by atoms with E-state index in [1.165, 1.54) is 31.7 Å². The summed E-state index contributed by atoms with van der Waals surface area (Å²) in [7, 11) is 0. The van der Waals surface area contributed by atoms with Crippen molar-refractivity contribution in [3.63, 3.8) is 0 Å². The highest BCUT2D eigenvalue weighted by Crippen LogP contribution is 2.31. The molecule has 7 heteroatoms. The largest absolute Gasteiger partial charge is 0.451 e. The smallest absolute Gasteiger partial charge is 0.370 e. The first-order chi connectivity index (χ1) is 9.84. The molecule has 0 spiro atoms. The average molecular weight is 322 g/mol. The van der Waals surface area contributed by atoms with Gasteiger partial charge in [-0.2, -0.15) is 13.2 Å². The molecule has 2 rings (SSSR count). The Morgan fingerprint density at radius 1 is 1.24 bits per heavy atom. The van der Waals surface area contributed by atoms with E-state index in [4.69, 9.17) is 11.6 Å². The molecule has 1 N–H and O–H groups in total. The fourth-order valence-electron chi connectivity index (χ4n) is 2.66. The summed E-state index contributed by atoms with van der Waals surface area (Å²) in [4.78, 5) is 6.67. The third kappa shape index (κ3) is 5.02. The summed E-state index contributed by atoms with van der Waals surface area (Å²) in [6, 6.07) is 1.32.